The molecule has 6 rings (SSSR count). The Bertz CT molecular complexity index is 2290. The van der Waals surface area contributed by atoms with Crippen LogP contribution in [0.2, 0.25) is 0 Å². The van der Waals surface area contributed by atoms with E-state index in [4.69, 9.17) is 23.7 Å². The van der Waals surface area contributed by atoms with Gasteiger partial charge in [-0.15, -0.1) is 0 Å². The third-order valence-corrected chi connectivity index (χ3v) is 8.53. The minimum absolute atomic E-state index is 0.475. The fraction of sp³-hybridized carbons (Fsp3) is 0.176. The first kappa shape index (κ1) is 38.0. The lowest BCUT2D eigenvalue weighted by Gasteiger charge is -2.43. The SMILES string of the molecule is O=C(OC[C@H]1O[C@H](O)[C@@H]2OC(=O)c3cc(O)c(O)c(O)c3-c3c(cc(O)c(O)c3O)C(=O)O[C@H]2[C@@H]1OC(=O)c1cc(O)c(O)c(O)c1)c1cc(O)c(O)c(O)c1. The van der Waals surface area contributed by atoms with E-state index in [1.807, 2.05) is 0 Å². The summed E-state index contributed by atoms with van der Waals surface area (Å²) in [7, 11) is 0. The van der Waals surface area contributed by atoms with Crippen LogP contribution in [0.4, 0.5) is 0 Å². The number of hydrogen-bond acceptors (Lipinski definition) is 22. The third-order valence-electron chi connectivity index (χ3n) is 8.53. The Morgan fingerprint density at radius 1 is 0.536 bits per heavy atom. The van der Waals surface area contributed by atoms with E-state index < -0.39 is 164 Å². The number of aliphatic hydroxyl groups is 1. The molecule has 2 aliphatic rings. The van der Waals surface area contributed by atoms with Crippen molar-refractivity contribution in [3.8, 4) is 80.1 Å². The highest BCUT2D eigenvalue weighted by Gasteiger charge is 2.53. The Morgan fingerprint density at radius 2 is 0.929 bits per heavy atom. The fourth-order valence-electron chi connectivity index (χ4n) is 5.80. The summed E-state index contributed by atoms with van der Waals surface area (Å²) in [5.74, 6) is -19.9. The van der Waals surface area contributed by atoms with Crippen LogP contribution in [0.1, 0.15) is 41.4 Å². The quantitative estimate of drug-likeness (QED) is 0.0751. The fourth-order valence-corrected chi connectivity index (χ4v) is 5.80. The second-order valence-corrected chi connectivity index (χ2v) is 12.0. The number of carbonyl (C=O) groups excluding carboxylic acids is 4. The minimum Gasteiger partial charge on any atom is -0.504 e. The minimum atomic E-state index is -2.41. The van der Waals surface area contributed by atoms with E-state index in [1.165, 1.54) is 0 Å². The molecular formula is C34H26O22. The standard InChI is InChI=1S/C34H26O22/c35-12-1-8(2-13(36)21(12)41)30(47)52-7-18-27(54-31(48)9-3-14(37)22(42)15(38)4-9)28-29(34(51)53-18)56-33(50)11-6-17(40)24(44)26(46)20(11)19-10(32(49)55-28)5-16(39)23(43)25(19)45/h1-6,18,27-29,34-46,51H,7H2/t18-,27-,28+,29-,34+/m1/s1. The summed E-state index contributed by atoms with van der Waals surface area (Å²) < 4.78 is 26.9. The van der Waals surface area contributed by atoms with Crippen LogP contribution in [-0.4, -0.2) is 128 Å². The molecule has 0 aromatic heterocycles. The summed E-state index contributed by atoms with van der Waals surface area (Å²) in [6, 6.07) is 3.56. The van der Waals surface area contributed by atoms with Crippen molar-refractivity contribution >= 4 is 23.9 Å². The van der Waals surface area contributed by atoms with Crippen LogP contribution in [0.25, 0.3) is 11.1 Å². The van der Waals surface area contributed by atoms with Crippen LogP contribution in [0, 0.1) is 0 Å². The normalized spacial score (nSPS) is 20.3. The highest BCUT2D eigenvalue weighted by Crippen LogP contribution is 2.53. The zero-order valence-corrected chi connectivity index (χ0v) is 27.5. The lowest BCUT2D eigenvalue weighted by molar-refractivity contribution is -0.284. The van der Waals surface area contributed by atoms with Crippen molar-refractivity contribution in [1.82, 2.24) is 0 Å². The number of carbonyl (C=O) groups is 4. The summed E-state index contributed by atoms with van der Waals surface area (Å²) in [6.07, 6.45) is -11.1. The maximum atomic E-state index is 14.0. The second kappa shape index (κ2) is 13.9. The van der Waals surface area contributed by atoms with E-state index in [1.54, 1.807) is 0 Å². The Balaban J connectivity index is 1.48. The molecule has 0 unspecified atom stereocenters. The molecular weight excluding hydrogens is 760 g/mol. The van der Waals surface area contributed by atoms with Gasteiger partial charge in [0.1, 0.15) is 12.7 Å². The van der Waals surface area contributed by atoms with Crippen molar-refractivity contribution in [1.29, 1.82) is 0 Å². The second-order valence-electron chi connectivity index (χ2n) is 12.0. The molecule has 294 valence electrons. The smallest absolute Gasteiger partial charge is 0.339 e. The molecule has 13 N–H and O–H groups in total. The van der Waals surface area contributed by atoms with Gasteiger partial charge in [0.05, 0.1) is 22.3 Å². The number of esters is 4. The Kier molecular flexibility index (Phi) is 9.45. The number of ether oxygens (including phenoxy) is 5. The number of benzene rings is 4. The maximum absolute atomic E-state index is 14.0. The van der Waals surface area contributed by atoms with Crippen molar-refractivity contribution in [2.75, 3.05) is 6.61 Å². The lowest BCUT2D eigenvalue weighted by atomic mass is 9.91. The van der Waals surface area contributed by atoms with Gasteiger partial charge in [0.2, 0.25) is 11.5 Å². The Labute approximate surface area is 309 Å². The summed E-state index contributed by atoms with van der Waals surface area (Å²) in [6.45, 7) is -1.08. The van der Waals surface area contributed by atoms with Gasteiger partial charge >= 0.3 is 23.9 Å². The molecule has 4 aromatic carbocycles. The number of phenols is 12. The average molecular weight is 787 g/mol. The first-order valence-electron chi connectivity index (χ1n) is 15.5. The first-order chi connectivity index (χ1) is 26.3. The Morgan fingerprint density at radius 3 is 1.38 bits per heavy atom. The largest absolute Gasteiger partial charge is 0.504 e. The van der Waals surface area contributed by atoms with Crippen LogP contribution in [0.5, 0.6) is 69.0 Å². The van der Waals surface area contributed by atoms with Gasteiger partial charge in [-0.05, 0) is 36.4 Å². The molecule has 0 aliphatic carbocycles. The van der Waals surface area contributed by atoms with Gasteiger partial charge in [-0.3, -0.25) is 0 Å². The molecule has 2 heterocycles. The van der Waals surface area contributed by atoms with Gasteiger partial charge in [0.15, 0.2) is 82.1 Å². The lowest BCUT2D eigenvalue weighted by Crippen LogP contribution is -2.62. The van der Waals surface area contributed by atoms with E-state index in [0.717, 1.165) is 0 Å². The Hall–Kier alpha value is -7.72. The molecule has 0 radical (unpaired) electrons. The third kappa shape index (κ3) is 6.45. The van der Waals surface area contributed by atoms with Gasteiger partial charge < -0.3 is 90.1 Å². The zero-order valence-electron chi connectivity index (χ0n) is 27.5. The highest BCUT2D eigenvalue weighted by atomic mass is 16.7. The van der Waals surface area contributed by atoms with Gasteiger partial charge in [-0.25, -0.2) is 19.2 Å². The van der Waals surface area contributed by atoms with E-state index in [-0.39, 0.29) is 0 Å². The van der Waals surface area contributed by atoms with Gasteiger partial charge in [0, 0.05) is 11.1 Å². The molecule has 0 amide bonds. The van der Waals surface area contributed by atoms with E-state index in [9.17, 15) is 85.6 Å². The molecule has 56 heavy (non-hydrogen) atoms. The van der Waals surface area contributed by atoms with Crippen molar-refractivity contribution in [2.24, 2.45) is 0 Å². The summed E-state index contributed by atoms with van der Waals surface area (Å²) >= 11 is 0. The highest BCUT2D eigenvalue weighted by molar-refractivity contribution is 6.08. The maximum Gasteiger partial charge on any atom is 0.339 e. The molecule has 4 aromatic rings. The predicted octanol–water partition coefficient (Wildman–Crippen LogP) is 0.685. The molecule has 0 bridgehead atoms. The summed E-state index contributed by atoms with van der Waals surface area (Å²) in [5.41, 5.74) is -5.16. The number of phenolic OH excluding ortho intramolecular Hbond substituents is 12. The van der Waals surface area contributed by atoms with Gasteiger partial charge in [-0.2, -0.15) is 0 Å². The number of aromatic hydroxyl groups is 12. The molecule has 22 heteroatoms. The van der Waals surface area contributed by atoms with E-state index in [0.29, 0.717) is 36.4 Å². The number of hydrogen-bond donors (Lipinski definition) is 13. The first-order valence-corrected chi connectivity index (χ1v) is 15.5. The molecule has 0 spiro atoms. The number of aliphatic hydroxyl groups excluding tert-OH is 1. The molecule has 1 fully saturated rings. The summed E-state index contributed by atoms with van der Waals surface area (Å²) in [5, 5.41) is 133. The average Bonchev–Trinajstić information content (AvgIpc) is 3.14. The van der Waals surface area contributed by atoms with Crippen molar-refractivity contribution in [2.45, 2.75) is 30.7 Å². The number of rotatable bonds is 5. The van der Waals surface area contributed by atoms with Crippen LogP contribution in [-0.2, 0) is 23.7 Å². The van der Waals surface area contributed by atoms with Crippen LogP contribution in [0.15, 0.2) is 36.4 Å². The molecule has 0 saturated carbocycles. The van der Waals surface area contributed by atoms with E-state index in [2.05, 4.69) is 0 Å². The van der Waals surface area contributed by atoms with Crippen LogP contribution >= 0.6 is 0 Å². The molecule has 2 aliphatic heterocycles. The van der Waals surface area contributed by atoms with Crippen LogP contribution < -0.4 is 0 Å². The van der Waals surface area contributed by atoms with E-state index >= 15 is 0 Å². The van der Waals surface area contributed by atoms with Crippen LogP contribution in [0.3, 0.4) is 0 Å². The monoisotopic (exact) mass is 786 g/mol. The van der Waals surface area contributed by atoms with Gasteiger partial charge in [0.25, 0.3) is 0 Å². The molecule has 5 atom stereocenters. The molecule has 22 nitrogen and oxygen atoms in total. The number of fused-ring (bicyclic) bond motifs is 4. The van der Waals surface area contributed by atoms with Crippen molar-refractivity contribution < 1.29 is 109 Å². The van der Waals surface area contributed by atoms with Gasteiger partial charge in [-0.1, -0.05) is 0 Å². The zero-order chi connectivity index (χ0) is 41.1. The topological polar surface area (TPSA) is 377 Å². The molecule has 1 saturated heterocycles. The van der Waals surface area contributed by atoms with Crippen molar-refractivity contribution in [3.63, 3.8) is 0 Å². The predicted molar refractivity (Wildman–Crippen MR) is 174 cm³/mol. The van der Waals surface area contributed by atoms with Crippen molar-refractivity contribution in [3.05, 3.63) is 58.7 Å². The summed E-state index contributed by atoms with van der Waals surface area (Å²) in [4.78, 5) is 54.1.